The average molecular weight is 343 g/mol. The summed E-state index contributed by atoms with van der Waals surface area (Å²) in [5, 5.41) is 18.8. The van der Waals surface area contributed by atoms with Gasteiger partial charge in [0.2, 0.25) is 0 Å². The molecule has 0 aromatic rings. The Morgan fingerprint density at radius 2 is 1.25 bits per heavy atom. The van der Waals surface area contributed by atoms with Gasteiger partial charge in [0.05, 0.1) is 0 Å². The minimum atomic E-state index is -5.19. The molecule has 0 bridgehead atoms. The Kier molecular flexibility index (Phi) is 17.7. The third-order valence-corrected chi connectivity index (χ3v) is 2.22. The Labute approximate surface area is 126 Å². The van der Waals surface area contributed by atoms with Gasteiger partial charge in [-0.2, -0.15) is 13.2 Å². The molecule has 0 atom stereocenters. The maximum absolute atomic E-state index is 10.5. The normalized spacial score (nSPS) is 10.0. The third kappa shape index (κ3) is 22.4. The van der Waals surface area contributed by atoms with E-state index in [4.69, 9.17) is 9.90 Å². The van der Waals surface area contributed by atoms with Crippen molar-refractivity contribution in [2.75, 3.05) is 0 Å². The van der Waals surface area contributed by atoms with E-state index in [9.17, 15) is 23.1 Å². The Morgan fingerprint density at radius 3 is 1.55 bits per heavy atom. The van der Waals surface area contributed by atoms with E-state index in [1.54, 1.807) is 0 Å². The molecule has 0 amide bonds. The van der Waals surface area contributed by atoms with Crippen LogP contribution in [0.3, 0.4) is 0 Å². The van der Waals surface area contributed by atoms with Crippen molar-refractivity contribution in [2.24, 2.45) is 0 Å². The molecule has 0 unspecified atom stereocenters. The molecule has 122 valence electrons. The number of alkyl halides is 3. The zero-order chi connectivity index (χ0) is 15.3. The van der Waals surface area contributed by atoms with Crippen LogP contribution in [0.1, 0.15) is 58.3 Å². The minimum absolute atomic E-state index is 0. The van der Waals surface area contributed by atoms with Crippen LogP contribution >= 0.6 is 0 Å². The number of halogens is 3. The van der Waals surface area contributed by atoms with E-state index in [0.717, 1.165) is 12.8 Å². The van der Waals surface area contributed by atoms with Crippen LogP contribution in [0.25, 0.3) is 0 Å². The van der Waals surface area contributed by atoms with Crippen LogP contribution in [-0.4, -0.2) is 18.1 Å². The van der Waals surface area contributed by atoms with Gasteiger partial charge in [-0.15, -0.1) is 0 Å². The third-order valence-electron chi connectivity index (χ3n) is 2.22. The zero-order valence-corrected chi connectivity index (χ0v) is 12.2. The molecule has 0 aliphatic heterocycles. The van der Waals surface area contributed by atoms with Gasteiger partial charge in [0.1, 0.15) is 5.97 Å². The molecule has 0 aromatic carbocycles. The fraction of sp³-hybridized carbons (Fsp3) is 0.833. The summed E-state index contributed by atoms with van der Waals surface area (Å²) < 4.78 is 31.5. The Morgan fingerprint density at radius 1 is 0.900 bits per heavy atom. The van der Waals surface area contributed by atoms with Crippen molar-refractivity contribution in [3.63, 3.8) is 0 Å². The predicted molar refractivity (Wildman–Crippen MR) is 58.7 cm³/mol. The number of aliphatic carboxylic acids is 2. The van der Waals surface area contributed by atoms with Crippen LogP contribution in [-0.2, 0) is 26.1 Å². The van der Waals surface area contributed by atoms with E-state index in [2.05, 4.69) is 6.92 Å². The first-order chi connectivity index (χ1) is 8.71. The summed E-state index contributed by atoms with van der Waals surface area (Å²) in [4.78, 5) is 18.8. The number of rotatable bonds is 8. The molecule has 20 heavy (non-hydrogen) atoms. The Hall–Kier alpha value is -0.776. The van der Waals surface area contributed by atoms with Crippen molar-refractivity contribution < 1.29 is 49.5 Å². The molecule has 0 fully saturated rings. The number of carbonyl (C=O) groups excluding carboxylic acids is 2. The van der Waals surface area contributed by atoms with Gasteiger partial charge >= 0.3 is 22.7 Å². The van der Waals surface area contributed by atoms with Gasteiger partial charge in [-0.05, 0) is 12.8 Å². The van der Waals surface area contributed by atoms with Crippen LogP contribution in [0.2, 0.25) is 0 Å². The summed E-state index contributed by atoms with van der Waals surface area (Å²) >= 11 is 0. The van der Waals surface area contributed by atoms with Gasteiger partial charge in [-0.25, -0.2) is 0 Å². The second-order valence-electron chi connectivity index (χ2n) is 4.03. The molecule has 0 N–H and O–H groups in total. The monoisotopic (exact) mass is 342 g/mol. The van der Waals surface area contributed by atoms with Gasteiger partial charge in [-0.3, -0.25) is 0 Å². The van der Waals surface area contributed by atoms with E-state index in [1.165, 1.54) is 32.1 Å². The molecular weight excluding hydrogens is 324 g/mol. The number of hydrogen-bond donors (Lipinski definition) is 0. The predicted octanol–water partition coefficient (Wildman–Crippen LogP) is 1.17. The van der Waals surface area contributed by atoms with E-state index < -0.39 is 18.1 Å². The molecular formula is C12H19F3NiO4. The molecule has 0 heterocycles. The summed E-state index contributed by atoms with van der Waals surface area (Å²) in [7, 11) is 0. The van der Waals surface area contributed by atoms with Crippen molar-refractivity contribution in [3.05, 3.63) is 0 Å². The topological polar surface area (TPSA) is 80.3 Å². The second kappa shape index (κ2) is 14.6. The molecule has 0 spiro atoms. The Balaban J connectivity index is -0.000000312. The summed E-state index contributed by atoms with van der Waals surface area (Å²) in [5.41, 5.74) is 0. The first-order valence-electron chi connectivity index (χ1n) is 6.19. The van der Waals surface area contributed by atoms with E-state index in [0.29, 0.717) is 0 Å². The van der Waals surface area contributed by atoms with Crippen molar-refractivity contribution in [2.45, 2.75) is 64.5 Å². The van der Waals surface area contributed by atoms with Crippen molar-refractivity contribution in [1.82, 2.24) is 0 Å². The van der Waals surface area contributed by atoms with Crippen molar-refractivity contribution in [3.8, 4) is 0 Å². The van der Waals surface area contributed by atoms with E-state index >= 15 is 0 Å². The number of carboxylic acid groups (broad SMARTS) is 2. The molecule has 8 heteroatoms. The SMILES string of the molecule is CCCCCCCCCC(=O)[O-].O=C([O-])C(F)(F)F.[Ni+2]. The van der Waals surface area contributed by atoms with Gasteiger partial charge < -0.3 is 19.8 Å². The van der Waals surface area contributed by atoms with E-state index in [1.807, 2.05) is 0 Å². The summed E-state index contributed by atoms with van der Waals surface area (Å²) in [5.74, 6) is -3.92. The maximum Gasteiger partial charge on any atom is 2.00 e. The number of hydrogen-bond acceptors (Lipinski definition) is 4. The van der Waals surface area contributed by atoms with Crippen molar-refractivity contribution in [1.29, 1.82) is 0 Å². The minimum Gasteiger partial charge on any atom is -0.550 e. The van der Waals surface area contributed by atoms with Crippen LogP contribution < -0.4 is 10.2 Å². The van der Waals surface area contributed by atoms with Crippen LogP contribution in [0, 0.1) is 0 Å². The van der Waals surface area contributed by atoms with Gasteiger partial charge in [0.25, 0.3) is 0 Å². The molecule has 0 aromatic heterocycles. The molecule has 0 saturated carbocycles. The van der Waals surface area contributed by atoms with Gasteiger partial charge in [-0.1, -0.05) is 45.4 Å². The molecule has 0 saturated heterocycles. The average Bonchev–Trinajstić information content (AvgIpc) is 2.27. The molecule has 0 aliphatic carbocycles. The molecule has 0 radical (unpaired) electrons. The van der Waals surface area contributed by atoms with E-state index in [-0.39, 0.29) is 22.9 Å². The maximum atomic E-state index is 10.5. The van der Waals surface area contributed by atoms with Crippen LogP contribution in [0.15, 0.2) is 0 Å². The number of carboxylic acids is 2. The van der Waals surface area contributed by atoms with Gasteiger partial charge in [0, 0.05) is 5.97 Å². The quantitative estimate of drug-likeness (QED) is 0.490. The number of unbranched alkanes of at least 4 members (excludes halogenated alkanes) is 6. The summed E-state index contributed by atoms with van der Waals surface area (Å²) in [6.45, 7) is 2.19. The molecule has 0 aliphatic rings. The van der Waals surface area contributed by atoms with Crippen LogP contribution in [0.4, 0.5) is 13.2 Å². The summed E-state index contributed by atoms with van der Waals surface area (Å²) in [6.07, 6.45) is 3.15. The Bertz CT molecular complexity index is 258. The fourth-order valence-corrected chi connectivity index (χ4v) is 1.23. The van der Waals surface area contributed by atoms with Gasteiger partial charge in [0.15, 0.2) is 0 Å². The largest absolute Gasteiger partial charge is 2.00 e. The molecule has 0 rings (SSSR count). The first-order valence-corrected chi connectivity index (χ1v) is 6.19. The fourth-order valence-electron chi connectivity index (χ4n) is 1.23. The first kappa shape index (κ1) is 24.3. The number of carbonyl (C=O) groups is 2. The zero-order valence-electron chi connectivity index (χ0n) is 11.2. The summed E-state index contributed by atoms with van der Waals surface area (Å²) in [6, 6.07) is 0. The smallest absolute Gasteiger partial charge is 0.550 e. The molecule has 4 nitrogen and oxygen atoms in total. The van der Waals surface area contributed by atoms with Crippen molar-refractivity contribution >= 4 is 11.9 Å². The second-order valence-corrected chi connectivity index (χ2v) is 4.03. The standard InChI is InChI=1S/C10H20O2.C2HF3O2.Ni/c1-2-3-4-5-6-7-8-9-10(11)12;3-2(4,5)1(6)7;/h2-9H2,1H3,(H,11,12);(H,6,7);/q;;+2/p-2. The van der Waals surface area contributed by atoms with Crippen LogP contribution in [0.5, 0.6) is 0 Å².